The van der Waals surface area contributed by atoms with Gasteiger partial charge in [-0.05, 0) is 12.1 Å². The zero-order chi connectivity index (χ0) is 10.0. The normalized spacial score (nSPS) is 11.4. The lowest BCUT2D eigenvalue weighted by atomic mass is 10.4. The molecule has 0 aliphatic heterocycles. The summed E-state index contributed by atoms with van der Waals surface area (Å²) in [5, 5.41) is 3.58. The maximum absolute atomic E-state index is 11.8. The Hall–Kier alpha value is -1.69. The number of benzene rings is 1. The zero-order valence-corrected chi connectivity index (χ0v) is 7.92. The lowest BCUT2D eigenvalue weighted by Crippen LogP contribution is -2.13. The molecule has 0 aliphatic rings. The second-order valence-corrected chi connectivity index (χ2v) is 4.38. The Bertz CT molecular complexity index is 505. The van der Waals surface area contributed by atoms with Crippen molar-refractivity contribution in [2.75, 3.05) is 0 Å². The summed E-state index contributed by atoms with van der Waals surface area (Å²) >= 11 is 0. The van der Waals surface area contributed by atoms with Crippen LogP contribution in [-0.2, 0) is 10.0 Å². The highest BCUT2D eigenvalue weighted by atomic mass is 32.2. The number of hydrogen-bond acceptors (Lipinski definition) is 4. The Morgan fingerprint density at radius 1 is 1.14 bits per heavy atom. The molecule has 6 heteroatoms. The molecule has 0 aliphatic carbocycles. The van der Waals surface area contributed by atoms with Gasteiger partial charge in [-0.15, -0.1) is 9.19 Å². The average Bonchev–Trinajstić information content (AvgIpc) is 2.72. The molecular weight excluding hydrogens is 202 g/mol. The van der Waals surface area contributed by atoms with Gasteiger partial charge in [-0.1, -0.05) is 18.2 Å². The molecule has 0 spiro atoms. The Balaban J connectivity index is 2.55. The fourth-order valence-electron chi connectivity index (χ4n) is 1.02. The van der Waals surface area contributed by atoms with E-state index in [2.05, 4.69) is 10.1 Å². The number of hydrogen-bond donors (Lipinski definition) is 0. The van der Waals surface area contributed by atoms with Crippen molar-refractivity contribution >= 4 is 10.0 Å². The standard InChI is InChI=1S/C8H7N3O2S/c12-14(13,11-7-9-6-10-11)8-4-2-1-3-5-8/h1-7H. The quantitative estimate of drug-likeness (QED) is 0.723. The van der Waals surface area contributed by atoms with Crippen molar-refractivity contribution < 1.29 is 8.42 Å². The smallest absolute Gasteiger partial charge is 0.222 e. The lowest BCUT2D eigenvalue weighted by Gasteiger charge is -2.01. The first kappa shape index (κ1) is 8.89. The van der Waals surface area contributed by atoms with Crippen molar-refractivity contribution in [3.63, 3.8) is 0 Å². The van der Waals surface area contributed by atoms with Gasteiger partial charge in [0.05, 0.1) is 4.90 Å². The van der Waals surface area contributed by atoms with Gasteiger partial charge in [0.2, 0.25) is 0 Å². The maximum Gasteiger partial charge on any atom is 0.284 e. The highest BCUT2D eigenvalue weighted by Crippen LogP contribution is 2.10. The molecule has 72 valence electrons. The first-order valence-corrected chi connectivity index (χ1v) is 5.30. The molecule has 2 rings (SSSR count). The molecule has 2 aromatic rings. The van der Waals surface area contributed by atoms with Crippen molar-refractivity contribution in [3.8, 4) is 0 Å². The summed E-state index contributed by atoms with van der Waals surface area (Å²) in [5.41, 5.74) is 0. The minimum absolute atomic E-state index is 0.200. The predicted molar refractivity (Wildman–Crippen MR) is 49.0 cm³/mol. The van der Waals surface area contributed by atoms with Gasteiger partial charge in [0, 0.05) is 0 Å². The van der Waals surface area contributed by atoms with E-state index in [4.69, 9.17) is 0 Å². The largest absolute Gasteiger partial charge is 0.284 e. The maximum atomic E-state index is 11.8. The van der Waals surface area contributed by atoms with Gasteiger partial charge in [0.25, 0.3) is 10.0 Å². The van der Waals surface area contributed by atoms with E-state index in [1.165, 1.54) is 18.5 Å². The Morgan fingerprint density at radius 2 is 1.86 bits per heavy atom. The van der Waals surface area contributed by atoms with Crippen LogP contribution in [0.1, 0.15) is 0 Å². The highest BCUT2D eigenvalue weighted by molar-refractivity contribution is 7.89. The fourth-order valence-corrected chi connectivity index (χ4v) is 2.08. The van der Waals surface area contributed by atoms with Gasteiger partial charge in [0.1, 0.15) is 12.7 Å². The zero-order valence-electron chi connectivity index (χ0n) is 7.11. The van der Waals surface area contributed by atoms with Crippen LogP contribution in [0.3, 0.4) is 0 Å². The molecule has 0 bridgehead atoms. The fraction of sp³-hybridized carbons (Fsp3) is 0. The molecule has 0 radical (unpaired) electrons. The van der Waals surface area contributed by atoms with Gasteiger partial charge < -0.3 is 0 Å². The summed E-state index contributed by atoms with van der Waals surface area (Å²) < 4.78 is 24.3. The van der Waals surface area contributed by atoms with Gasteiger partial charge in [-0.3, -0.25) is 0 Å². The van der Waals surface area contributed by atoms with E-state index in [0.29, 0.717) is 0 Å². The SMILES string of the molecule is O=S(=O)(c1ccccc1)n1cncn1. The van der Waals surface area contributed by atoms with Crippen LogP contribution < -0.4 is 0 Å². The minimum atomic E-state index is -3.55. The molecule has 0 N–H and O–H groups in total. The van der Waals surface area contributed by atoms with Gasteiger partial charge in [-0.25, -0.2) is 4.98 Å². The van der Waals surface area contributed by atoms with Gasteiger partial charge in [-0.2, -0.15) is 8.42 Å². The van der Waals surface area contributed by atoms with E-state index in [9.17, 15) is 8.42 Å². The summed E-state index contributed by atoms with van der Waals surface area (Å²) in [6.07, 6.45) is 2.34. The monoisotopic (exact) mass is 209 g/mol. The molecule has 0 fully saturated rings. The van der Waals surface area contributed by atoms with Crippen LogP contribution in [0.5, 0.6) is 0 Å². The lowest BCUT2D eigenvalue weighted by molar-refractivity contribution is 0.580. The topological polar surface area (TPSA) is 64.8 Å². The summed E-state index contributed by atoms with van der Waals surface area (Å²) in [5.74, 6) is 0. The third-order valence-corrected chi connectivity index (χ3v) is 3.23. The molecule has 14 heavy (non-hydrogen) atoms. The van der Waals surface area contributed by atoms with Crippen LogP contribution in [0.25, 0.3) is 0 Å². The second-order valence-electron chi connectivity index (χ2n) is 2.59. The van der Waals surface area contributed by atoms with Crippen LogP contribution >= 0.6 is 0 Å². The Kier molecular flexibility index (Phi) is 2.05. The van der Waals surface area contributed by atoms with Crippen LogP contribution in [0.4, 0.5) is 0 Å². The third-order valence-electron chi connectivity index (χ3n) is 1.68. The highest BCUT2D eigenvalue weighted by Gasteiger charge is 2.15. The molecule has 0 saturated heterocycles. The molecule has 1 heterocycles. The van der Waals surface area contributed by atoms with Gasteiger partial charge in [0.15, 0.2) is 0 Å². The number of aromatic nitrogens is 3. The van der Waals surface area contributed by atoms with Crippen molar-refractivity contribution in [2.45, 2.75) is 4.90 Å². The average molecular weight is 209 g/mol. The molecule has 1 aromatic heterocycles. The Morgan fingerprint density at radius 3 is 2.43 bits per heavy atom. The van der Waals surface area contributed by atoms with Gasteiger partial charge >= 0.3 is 0 Å². The summed E-state index contributed by atoms with van der Waals surface area (Å²) in [6, 6.07) is 8.09. The van der Waals surface area contributed by atoms with Crippen molar-refractivity contribution in [3.05, 3.63) is 43.0 Å². The predicted octanol–water partition coefficient (Wildman–Crippen LogP) is 0.515. The van der Waals surface area contributed by atoms with Crippen molar-refractivity contribution in [1.29, 1.82) is 0 Å². The van der Waals surface area contributed by atoms with E-state index >= 15 is 0 Å². The molecule has 0 atom stereocenters. The van der Waals surface area contributed by atoms with E-state index in [1.54, 1.807) is 18.2 Å². The summed E-state index contributed by atoms with van der Waals surface area (Å²) in [4.78, 5) is 3.79. The van der Waals surface area contributed by atoms with Crippen molar-refractivity contribution in [2.24, 2.45) is 0 Å². The molecule has 1 aromatic carbocycles. The van der Waals surface area contributed by atoms with Crippen LogP contribution in [0.15, 0.2) is 47.9 Å². The third kappa shape index (κ3) is 1.39. The van der Waals surface area contributed by atoms with Crippen molar-refractivity contribution in [1.82, 2.24) is 14.2 Å². The second kappa shape index (κ2) is 3.22. The molecule has 5 nitrogen and oxygen atoms in total. The van der Waals surface area contributed by atoms with E-state index in [-0.39, 0.29) is 4.90 Å². The Labute approximate surface area is 81.1 Å². The molecule has 0 saturated carbocycles. The summed E-state index contributed by atoms with van der Waals surface area (Å²) in [7, 11) is -3.55. The first-order chi connectivity index (χ1) is 6.71. The number of nitrogens with zero attached hydrogens (tertiary/aromatic N) is 3. The van der Waals surface area contributed by atoms with Crippen LogP contribution in [0.2, 0.25) is 0 Å². The van der Waals surface area contributed by atoms with Crippen LogP contribution in [0, 0.1) is 0 Å². The summed E-state index contributed by atoms with van der Waals surface area (Å²) in [6.45, 7) is 0. The number of rotatable bonds is 2. The molecule has 0 amide bonds. The van der Waals surface area contributed by atoms with E-state index in [0.717, 1.165) is 10.4 Å². The minimum Gasteiger partial charge on any atom is -0.222 e. The molecule has 0 unspecified atom stereocenters. The van der Waals surface area contributed by atoms with Crippen LogP contribution in [-0.4, -0.2) is 22.6 Å². The van der Waals surface area contributed by atoms with E-state index < -0.39 is 10.0 Å². The van der Waals surface area contributed by atoms with E-state index in [1.807, 2.05) is 0 Å². The first-order valence-electron chi connectivity index (χ1n) is 3.86. The molecular formula is C8H7N3O2S.